The summed E-state index contributed by atoms with van der Waals surface area (Å²) in [5.74, 6) is -2.26. The van der Waals surface area contributed by atoms with Gasteiger partial charge in [0.15, 0.2) is 12.3 Å². The molecule has 2 fully saturated rings. The average Bonchev–Trinajstić information content (AvgIpc) is 3.69. The minimum atomic E-state index is -1.13. The quantitative estimate of drug-likeness (QED) is 0.394. The first-order valence-electron chi connectivity index (χ1n) is 14.1. The molecule has 0 bridgehead atoms. The van der Waals surface area contributed by atoms with Crippen LogP contribution >= 0.6 is 0 Å². The van der Waals surface area contributed by atoms with Crippen LogP contribution in [0.4, 0.5) is 4.79 Å². The van der Waals surface area contributed by atoms with Crippen molar-refractivity contribution in [2.75, 3.05) is 52.5 Å². The van der Waals surface area contributed by atoms with Crippen LogP contribution in [-0.4, -0.2) is 118 Å². The number of rotatable bonds is 11. The summed E-state index contributed by atoms with van der Waals surface area (Å²) in [6.45, 7) is 4.00. The van der Waals surface area contributed by atoms with Crippen LogP contribution in [0.15, 0.2) is 36.4 Å². The zero-order chi connectivity index (χ0) is 30.1. The maximum absolute atomic E-state index is 13.4. The first kappa shape index (κ1) is 30.3. The number of para-hydroxylation sites is 1. The summed E-state index contributed by atoms with van der Waals surface area (Å²) in [6, 6.07) is 9.18. The Morgan fingerprint density at radius 3 is 2.26 bits per heavy atom. The van der Waals surface area contributed by atoms with Crippen LogP contribution in [0.1, 0.15) is 43.1 Å². The lowest BCUT2D eigenvalue weighted by atomic mass is 10.1. The van der Waals surface area contributed by atoms with Crippen LogP contribution in [0, 0.1) is 0 Å². The largest absolute Gasteiger partial charge is 0.481 e. The second-order valence-corrected chi connectivity index (χ2v) is 9.96. The number of carbonyl (C=O) groups is 5. The molecule has 1 aromatic carbocycles. The van der Waals surface area contributed by atoms with Crippen molar-refractivity contribution in [2.45, 2.75) is 38.6 Å². The number of hydrogen-bond donors (Lipinski definition) is 2. The number of nitrogens with one attached hydrogen (secondary N) is 1. The Bertz CT molecular complexity index is 1270. The number of likely N-dealkylation sites (tertiary alicyclic amines) is 1. The Kier molecular flexibility index (Phi) is 10.3. The summed E-state index contributed by atoms with van der Waals surface area (Å²) < 4.78 is 12.2. The molecule has 1 aromatic heterocycles. The number of benzene rings is 1. The third kappa shape index (κ3) is 7.77. The van der Waals surface area contributed by atoms with E-state index in [1.54, 1.807) is 36.1 Å². The number of carbonyl (C=O) groups excluding carboxylic acids is 4. The molecule has 0 aliphatic carbocycles. The van der Waals surface area contributed by atoms with E-state index in [9.17, 15) is 29.1 Å². The van der Waals surface area contributed by atoms with E-state index in [4.69, 9.17) is 9.47 Å². The van der Waals surface area contributed by atoms with Crippen molar-refractivity contribution in [2.24, 2.45) is 0 Å². The molecule has 2 aliphatic heterocycles. The van der Waals surface area contributed by atoms with Gasteiger partial charge in [0.2, 0.25) is 11.8 Å². The fraction of sp³-hybridized carbons (Fsp3) is 0.500. The summed E-state index contributed by atoms with van der Waals surface area (Å²) in [5, 5.41) is 16.3. The highest BCUT2D eigenvalue weighted by molar-refractivity contribution is 5.96. The fourth-order valence-corrected chi connectivity index (χ4v) is 4.83. The van der Waals surface area contributed by atoms with Crippen LogP contribution in [0.3, 0.4) is 0 Å². The Morgan fingerprint density at radius 2 is 1.62 bits per heavy atom. The van der Waals surface area contributed by atoms with E-state index in [2.05, 4.69) is 10.4 Å². The van der Waals surface area contributed by atoms with E-state index in [-0.39, 0.29) is 69.7 Å². The number of ether oxygens (including phenoxy) is 2. The summed E-state index contributed by atoms with van der Waals surface area (Å²) in [5.41, 5.74) is 0.529. The van der Waals surface area contributed by atoms with Crippen molar-refractivity contribution in [3.63, 3.8) is 0 Å². The van der Waals surface area contributed by atoms with Crippen molar-refractivity contribution >= 4 is 29.8 Å². The first-order chi connectivity index (χ1) is 20.3. The van der Waals surface area contributed by atoms with Gasteiger partial charge in [-0.3, -0.25) is 19.2 Å². The van der Waals surface area contributed by atoms with Gasteiger partial charge >= 0.3 is 12.1 Å². The molecule has 2 saturated heterocycles. The minimum absolute atomic E-state index is 0.0669. The second kappa shape index (κ2) is 14.3. The zero-order valence-corrected chi connectivity index (χ0v) is 23.6. The molecule has 1 atom stereocenters. The molecule has 0 unspecified atom stereocenters. The van der Waals surface area contributed by atoms with Crippen LogP contribution in [0.2, 0.25) is 0 Å². The monoisotopic (exact) mass is 584 g/mol. The number of amides is 4. The smallest absolute Gasteiger partial charge is 0.409 e. The Hall–Kier alpha value is -4.62. The average molecular weight is 585 g/mol. The molecule has 0 saturated carbocycles. The molecule has 3 heterocycles. The van der Waals surface area contributed by atoms with E-state index < -0.39 is 29.9 Å². The fourth-order valence-electron chi connectivity index (χ4n) is 4.83. The Balaban J connectivity index is 1.48. The molecule has 2 N–H and O–H groups in total. The minimum Gasteiger partial charge on any atom is -0.481 e. The number of carboxylic acid groups (broad SMARTS) is 1. The maximum atomic E-state index is 13.4. The van der Waals surface area contributed by atoms with E-state index in [1.165, 1.54) is 20.5 Å². The third-order valence-corrected chi connectivity index (χ3v) is 7.08. The lowest BCUT2D eigenvalue weighted by Gasteiger charge is -2.35. The van der Waals surface area contributed by atoms with Gasteiger partial charge in [-0.2, -0.15) is 5.10 Å². The molecule has 14 heteroatoms. The number of aliphatic carboxylic acids is 1. The molecule has 4 rings (SSSR count). The second-order valence-electron chi connectivity index (χ2n) is 9.96. The van der Waals surface area contributed by atoms with Gasteiger partial charge in [-0.25, -0.2) is 9.48 Å². The zero-order valence-electron chi connectivity index (χ0n) is 23.6. The molecule has 14 nitrogen and oxygen atoms in total. The topological polar surface area (TPSA) is 164 Å². The van der Waals surface area contributed by atoms with Crippen molar-refractivity contribution in [3.05, 3.63) is 42.1 Å². The molecule has 42 heavy (non-hydrogen) atoms. The highest BCUT2D eigenvalue weighted by Gasteiger charge is 2.32. The summed E-state index contributed by atoms with van der Waals surface area (Å²) in [6.07, 6.45) is 0.951. The predicted molar refractivity (Wildman–Crippen MR) is 148 cm³/mol. The molecule has 2 aliphatic rings. The van der Waals surface area contributed by atoms with Gasteiger partial charge in [-0.15, -0.1) is 0 Å². The number of aromatic nitrogens is 2. The van der Waals surface area contributed by atoms with Crippen LogP contribution < -0.4 is 10.1 Å². The summed E-state index contributed by atoms with van der Waals surface area (Å²) in [7, 11) is 0. The molecule has 226 valence electrons. The highest BCUT2D eigenvalue weighted by Crippen LogP contribution is 2.21. The maximum Gasteiger partial charge on any atom is 0.409 e. The molecule has 0 spiro atoms. The normalized spacial score (nSPS) is 15.7. The standard InChI is InChI=1S/C28H36N6O8/c1-2-41-28(40)33-16-14-32(15-17-33)27(39)21(10-11-25(36)37)29-26(38)22-18-24(34(30-22)20-8-4-3-5-9-20)42-19-23(35)31-12-6-7-13-31/h3-5,8-9,18,21H,2,6-7,10-17,19H2,1H3,(H,29,38)(H,36,37)/t21-/m0/s1. The molecule has 0 radical (unpaired) electrons. The predicted octanol–water partition coefficient (Wildman–Crippen LogP) is 1.14. The van der Waals surface area contributed by atoms with Crippen LogP contribution in [0.5, 0.6) is 5.88 Å². The van der Waals surface area contributed by atoms with Crippen molar-refractivity contribution < 1.29 is 38.6 Å². The number of hydrogen-bond acceptors (Lipinski definition) is 8. The van der Waals surface area contributed by atoms with Crippen molar-refractivity contribution in [3.8, 4) is 11.6 Å². The lowest BCUT2D eigenvalue weighted by molar-refractivity contribution is -0.138. The van der Waals surface area contributed by atoms with Gasteiger partial charge in [-0.1, -0.05) is 18.2 Å². The van der Waals surface area contributed by atoms with Gasteiger partial charge in [-0.05, 0) is 38.3 Å². The molecule has 4 amide bonds. The number of nitrogens with zero attached hydrogens (tertiary/aromatic N) is 5. The summed E-state index contributed by atoms with van der Waals surface area (Å²) >= 11 is 0. The highest BCUT2D eigenvalue weighted by atomic mass is 16.6. The molecular weight excluding hydrogens is 548 g/mol. The van der Waals surface area contributed by atoms with Gasteiger partial charge in [0.1, 0.15) is 6.04 Å². The number of carboxylic acids is 1. The van der Waals surface area contributed by atoms with Crippen molar-refractivity contribution in [1.82, 2.24) is 29.8 Å². The van der Waals surface area contributed by atoms with Gasteiger partial charge in [0.05, 0.1) is 12.3 Å². The van der Waals surface area contributed by atoms with Gasteiger partial charge in [0.25, 0.3) is 11.8 Å². The van der Waals surface area contributed by atoms with E-state index in [1.807, 2.05) is 6.07 Å². The van der Waals surface area contributed by atoms with Gasteiger partial charge in [0, 0.05) is 51.8 Å². The van der Waals surface area contributed by atoms with E-state index >= 15 is 0 Å². The van der Waals surface area contributed by atoms with E-state index in [0.717, 1.165) is 12.8 Å². The Morgan fingerprint density at radius 1 is 0.952 bits per heavy atom. The first-order valence-corrected chi connectivity index (χ1v) is 14.1. The van der Waals surface area contributed by atoms with Crippen molar-refractivity contribution in [1.29, 1.82) is 0 Å². The van der Waals surface area contributed by atoms with Gasteiger partial charge < -0.3 is 34.6 Å². The summed E-state index contributed by atoms with van der Waals surface area (Å²) in [4.78, 5) is 67.3. The Labute approximate surface area is 243 Å². The van der Waals surface area contributed by atoms with E-state index in [0.29, 0.717) is 18.8 Å². The van der Waals surface area contributed by atoms with Crippen LogP contribution in [-0.2, 0) is 19.1 Å². The van der Waals surface area contributed by atoms with Crippen LogP contribution in [0.25, 0.3) is 5.69 Å². The number of piperazine rings is 1. The molecular formula is C28H36N6O8. The molecule has 2 aromatic rings. The lowest BCUT2D eigenvalue weighted by Crippen LogP contribution is -2.56. The SMILES string of the molecule is CCOC(=O)N1CCN(C(=O)[C@H](CCC(=O)O)NC(=O)c2cc(OCC(=O)N3CCCC3)n(-c3ccccc3)n2)CC1. The third-order valence-electron chi connectivity index (χ3n) is 7.08.